The van der Waals surface area contributed by atoms with Crippen molar-refractivity contribution in [2.45, 2.75) is 25.5 Å². The second-order valence-corrected chi connectivity index (χ2v) is 7.01. The van der Waals surface area contributed by atoms with Crippen LogP contribution in [0, 0.1) is 0 Å². The van der Waals surface area contributed by atoms with E-state index in [0.717, 1.165) is 16.7 Å². The Bertz CT molecular complexity index is 1030. The van der Waals surface area contributed by atoms with E-state index in [9.17, 15) is 19.5 Å². The number of aliphatic carboxylic acids is 1. The van der Waals surface area contributed by atoms with Crippen LogP contribution in [0.1, 0.15) is 28.8 Å². The lowest BCUT2D eigenvalue weighted by molar-refractivity contribution is -0.139. The van der Waals surface area contributed by atoms with E-state index in [1.165, 1.54) is 0 Å². The number of carbonyl (C=O) groups is 3. The van der Waals surface area contributed by atoms with Crippen molar-refractivity contribution < 1.29 is 24.2 Å². The van der Waals surface area contributed by atoms with Gasteiger partial charge in [0.25, 0.3) is 0 Å². The van der Waals surface area contributed by atoms with Crippen LogP contribution in [0.2, 0.25) is 0 Å². The van der Waals surface area contributed by atoms with Gasteiger partial charge in [-0.15, -0.1) is 0 Å². The van der Waals surface area contributed by atoms with E-state index < -0.39 is 18.1 Å². The van der Waals surface area contributed by atoms with E-state index in [-0.39, 0.29) is 25.2 Å². The zero-order valence-corrected chi connectivity index (χ0v) is 16.9. The normalized spacial score (nSPS) is 11.4. The number of Topliss-reactive ketones (excluding diaryl/α,β-unsaturated/α-hetero) is 1. The zero-order valence-electron chi connectivity index (χ0n) is 16.9. The fourth-order valence-electron chi connectivity index (χ4n) is 3.11. The van der Waals surface area contributed by atoms with Gasteiger partial charge in [0.2, 0.25) is 0 Å². The first-order chi connectivity index (χ1) is 15.0. The minimum absolute atomic E-state index is 0.000378. The van der Waals surface area contributed by atoms with E-state index >= 15 is 0 Å². The second kappa shape index (κ2) is 10.7. The number of ketones is 1. The number of nitrogens with one attached hydrogen (secondary N) is 1. The predicted octanol–water partition coefficient (Wildman–Crippen LogP) is 4.70. The fraction of sp³-hybridized carbons (Fsp3) is 0.160. The molecule has 158 valence electrons. The maximum atomic E-state index is 12.2. The highest BCUT2D eigenvalue weighted by Gasteiger charge is 2.22. The van der Waals surface area contributed by atoms with Crippen LogP contribution < -0.4 is 5.32 Å². The van der Waals surface area contributed by atoms with Crippen molar-refractivity contribution in [2.24, 2.45) is 0 Å². The van der Waals surface area contributed by atoms with E-state index in [1.54, 1.807) is 30.3 Å². The Labute approximate surface area is 180 Å². The molecule has 1 amide bonds. The van der Waals surface area contributed by atoms with Crippen LogP contribution in [0.3, 0.4) is 0 Å². The number of amides is 1. The lowest BCUT2D eigenvalue weighted by Gasteiger charge is -2.14. The minimum Gasteiger partial charge on any atom is -0.480 e. The topological polar surface area (TPSA) is 92.7 Å². The largest absolute Gasteiger partial charge is 0.480 e. The molecule has 6 heteroatoms. The molecule has 2 N–H and O–H groups in total. The minimum atomic E-state index is -1.22. The molecular weight excluding hydrogens is 394 g/mol. The van der Waals surface area contributed by atoms with Crippen LogP contribution >= 0.6 is 0 Å². The summed E-state index contributed by atoms with van der Waals surface area (Å²) in [6.45, 7) is 0.00178. The number of rotatable bonds is 9. The number of carboxylic acid groups (broad SMARTS) is 1. The number of hydrogen-bond donors (Lipinski definition) is 2. The summed E-state index contributed by atoms with van der Waals surface area (Å²) in [6.07, 6.45) is -0.869. The molecule has 3 rings (SSSR count). The van der Waals surface area contributed by atoms with Gasteiger partial charge >= 0.3 is 12.1 Å². The highest BCUT2D eigenvalue weighted by Crippen LogP contribution is 2.20. The number of benzene rings is 3. The quantitative estimate of drug-likeness (QED) is 0.493. The molecule has 1 atom stereocenters. The number of carbonyl (C=O) groups excluding carboxylic acids is 2. The van der Waals surface area contributed by atoms with Crippen LogP contribution in [0.5, 0.6) is 0 Å². The first kappa shape index (κ1) is 21.8. The molecule has 0 aliphatic heterocycles. The highest BCUT2D eigenvalue weighted by molar-refractivity contribution is 5.96. The lowest BCUT2D eigenvalue weighted by Crippen LogP contribution is -2.41. The second-order valence-electron chi connectivity index (χ2n) is 7.01. The van der Waals surface area contributed by atoms with E-state index in [4.69, 9.17) is 4.74 Å². The van der Waals surface area contributed by atoms with E-state index in [1.807, 2.05) is 54.6 Å². The molecule has 0 fully saturated rings. The van der Waals surface area contributed by atoms with Crippen molar-refractivity contribution in [1.82, 2.24) is 5.32 Å². The van der Waals surface area contributed by atoms with Crippen molar-refractivity contribution in [3.05, 3.63) is 96.1 Å². The van der Waals surface area contributed by atoms with Crippen molar-refractivity contribution in [1.29, 1.82) is 0 Å². The highest BCUT2D eigenvalue weighted by atomic mass is 16.5. The molecule has 1 unspecified atom stereocenters. The van der Waals surface area contributed by atoms with Gasteiger partial charge in [0.1, 0.15) is 12.6 Å². The standard InChI is InChI=1S/C25H23NO5/c27-23(20-11-5-2-6-12-20)15-14-22(24(28)29)26-25(30)31-17-18-8-7-13-21(16-18)19-9-3-1-4-10-19/h1-13,16,22H,14-15,17H2,(H,26,30)(H,28,29). The fourth-order valence-corrected chi connectivity index (χ4v) is 3.11. The van der Waals surface area contributed by atoms with Crippen LogP contribution in [0.4, 0.5) is 4.79 Å². The first-order valence-electron chi connectivity index (χ1n) is 9.91. The van der Waals surface area contributed by atoms with E-state index in [0.29, 0.717) is 5.56 Å². The van der Waals surface area contributed by atoms with Gasteiger partial charge in [0, 0.05) is 12.0 Å². The van der Waals surface area contributed by atoms with Crippen molar-refractivity contribution in [3.8, 4) is 11.1 Å². The molecule has 0 heterocycles. The Kier molecular flexibility index (Phi) is 7.54. The van der Waals surface area contributed by atoms with Crippen molar-refractivity contribution >= 4 is 17.8 Å². The average molecular weight is 417 g/mol. The van der Waals surface area contributed by atoms with Gasteiger partial charge < -0.3 is 15.2 Å². The van der Waals surface area contributed by atoms with Gasteiger partial charge in [-0.25, -0.2) is 9.59 Å². The summed E-state index contributed by atoms with van der Waals surface area (Å²) in [5, 5.41) is 11.7. The third-order valence-corrected chi connectivity index (χ3v) is 4.75. The summed E-state index contributed by atoms with van der Waals surface area (Å²) < 4.78 is 5.19. The van der Waals surface area contributed by atoms with E-state index in [2.05, 4.69) is 5.32 Å². The molecule has 0 saturated heterocycles. The average Bonchev–Trinajstić information content (AvgIpc) is 2.81. The van der Waals surface area contributed by atoms with Crippen LogP contribution in [-0.4, -0.2) is 29.0 Å². The van der Waals surface area contributed by atoms with Crippen molar-refractivity contribution in [2.75, 3.05) is 0 Å². The third-order valence-electron chi connectivity index (χ3n) is 4.75. The molecule has 0 radical (unpaired) electrons. The van der Waals surface area contributed by atoms with Gasteiger partial charge in [-0.1, -0.05) is 78.9 Å². The number of ether oxygens (including phenoxy) is 1. The van der Waals surface area contributed by atoms with Crippen LogP contribution in [0.15, 0.2) is 84.9 Å². The first-order valence-corrected chi connectivity index (χ1v) is 9.91. The molecule has 0 aliphatic rings. The Balaban J connectivity index is 1.52. The molecule has 3 aromatic rings. The lowest BCUT2D eigenvalue weighted by atomic mass is 10.0. The summed E-state index contributed by atoms with van der Waals surface area (Å²) >= 11 is 0. The maximum absolute atomic E-state index is 12.2. The molecular formula is C25H23NO5. The van der Waals surface area contributed by atoms with Crippen molar-refractivity contribution in [3.63, 3.8) is 0 Å². The Morgan fingerprint density at radius 2 is 1.48 bits per heavy atom. The number of alkyl carbamates (subject to hydrolysis) is 1. The van der Waals surface area contributed by atoms with Crippen LogP contribution in [-0.2, 0) is 16.1 Å². The maximum Gasteiger partial charge on any atom is 0.408 e. The smallest absolute Gasteiger partial charge is 0.408 e. The monoisotopic (exact) mass is 417 g/mol. The summed E-state index contributed by atoms with van der Waals surface area (Å²) in [5.41, 5.74) is 3.32. The molecule has 0 aromatic heterocycles. The van der Waals surface area contributed by atoms with Gasteiger partial charge in [0.05, 0.1) is 0 Å². The Morgan fingerprint density at radius 1 is 0.839 bits per heavy atom. The van der Waals surface area contributed by atoms with Crippen LogP contribution in [0.25, 0.3) is 11.1 Å². The Morgan fingerprint density at radius 3 is 2.16 bits per heavy atom. The third kappa shape index (κ3) is 6.54. The summed E-state index contributed by atoms with van der Waals surface area (Å²) in [5.74, 6) is -1.40. The summed E-state index contributed by atoms with van der Waals surface area (Å²) in [6, 6.07) is 24.8. The number of carboxylic acids is 1. The molecule has 6 nitrogen and oxygen atoms in total. The molecule has 3 aromatic carbocycles. The summed E-state index contributed by atoms with van der Waals surface area (Å²) in [4.78, 5) is 35.8. The summed E-state index contributed by atoms with van der Waals surface area (Å²) in [7, 11) is 0. The SMILES string of the molecule is O=C(NC(CCC(=O)c1ccccc1)C(=O)O)OCc1cccc(-c2ccccc2)c1. The molecule has 0 bridgehead atoms. The van der Waals surface area contributed by atoms with Gasteiger partial charge in [-0.3, -0.25) is 4.79 Å². The molecule has 0 spiro atoms. The Hall–Kier alpha value is -3.93. The predicted molar refractivity (Wildman–Crippen MR) is 117 cm³/mol. The van der Waals surface area contributed by atoms with Gasteiger partial charge in [0.15, 0.2) is 5.78 Å². The van der Waals surface area contributed by atoms with Gasteiger partial charge in [-0.05, 0) is 29.2 Å². The zero-order chi connectivity index (χ0) is 22.1. The number of hydrogen-bond acceptors (Lipinski definition) is 4. The molecule has 31 heavy (non-hydrogen) atoms. The van der Waals surface area contributed by atoms with Gasteiger partial charge in [-0.2, -0.15) is 0 Å². The molecule has 0 aliphatic carbocycles. The molecule has 0 saturated carbocycles.